The molecule has 0 aromatic heterocycles. The highest BCUT2D eigenvalue weighted by Crippen LogP contribution is 2.31. The number of methoxy groups -OCH3 is 1. The molecule has 3 nitrogen and oxygen atoms in total. The Morgan fingerprint density at radius 1 is 1.29 bits per heavy atom. The van der Waals surface area contributed by atoms with E-state index in [-0.39, 0.29) is 11.9 Å². The predicted molar refractivity (Wildman–Crippen MR) is 67.0 cm³/mol. The molecule has 1 saturated heterocycles. The van der Waals surface area contributed by atoms with Gasteiger partial charge in [-0.1, -0.05) is 12.1 Å². The topological polar surface area (TPSA) is 29.5 Å². The van der Waals surface area contributed by atoms with Gasteiger partial charge in [0.05, 0.1) is 13.2 Å². The quantitative estimate of drug-likeness (QED) is 0.786. The molecule has 1 atom stereocenters. The van der Waals surface area contributed by atoms with Gasteiger partial charge >= 0.3 is 0 Å². The van der Waals surface area contributed by atoms with Crippen molar-refractivity contribution in [3.63, 3.8) is 0 Å². The third kappa shape index (κ3) is 2.60. The van der Waals surface area contributed by atoms with Crippen LogP contribution in [0.4, 0.5) is 0 Å². The lowest BCUT2D eigenvalue weighted by atomic mass is 9.95. The lowest BCUT2D eigenvalue weighted by Gasteiger charge is -2.35. The summed E-state index contributed by atoms with van der Waals surface area (Å²) in [7, 11) is 1.66. The summed E-state index contributed by atoms with van der Waals surface area (Å²) in [5, 5.41) is 0. The zero-order chi connectivity index (χ0) is 12.3. The van der Waals surface area contributed by atoms with Gasteiger partial charge in [-0.15, -0.1) is 0 Å². The summed E-state index contributed by atoms with van der Waals surface area (Å²) in [5.74, 6) is 1.03. The highest BCUT2D eigenvalue weighted by molar-refractivity contribution is 5.74. The van der Waals surface area contributed by atoms with Crippen LogP contribution in [0.3, 0.4) is 0 Å². The van der Waals surface area contributed by atoms with Gasteiger partial charge in [0.1, 0.15) is 5.75 Å². The zero-order valence-electron chi connectivity index (χ0n) is 10.5. The van der Waals surface area contributed by atoms with Crippen molar-refractivity contribution < 1.29 is 9.53 Å². The summed E-state index contributed by atoms with van der Waals surface area (Å²) in [6, 6.07) is 8.28. The predicted octanol–water partition coefficient (Wildman–Crippen LogP) is 2.77. The van der Waals surface area contributed by atoms with E-state index in [9.17, 15) is 4.79 Å². The van der Waals surface area contributed by atoms with Gasteiger partial charge in [0.15, 0.2) is 0 Å². The van der Waals surface area contributed by atoms with Gasteiger partial charge in [0.25, 0.3) is 0 Å². The Labute approximate surface area is 102 Å². The smallest absolute Gasteiger partial charge is 0.219 e. The number of amides is 1. The number of hydrogen-bond acceptors (Lipinski definition) is 2. The lowest BCUT2D eigenvalue weighted by molar-refractivity contribution is -0.132. The van der Waals surface area contributed by atoms with Crippen molar-refractivity contribution in [3.8, 4) is 5.75 Å². The van der Waals surface area contributed by atoms with Crippen molar-refractivity contribution in [1.29, 1.82) is 0 Å². The Kier molecular flexibility index (Phi) is 3.67. The van der Waals surface area contributed by atoms with E-state index in [0.717, 1.165) is 25.1 Å². The Balaban J connectivity index is 2.20. The number of nitrogens with zero attached hydrogens (tertiary/aromatic N) is 1. The number of piperidine rings is 1. The normalized spacial score (nSPS) is 20.1. The molecule has 0 aliphatic carbocycles. The van der Waals surface area contributed by atoms with Gasteiger partial charge in [-0.3, -0.25) is 4.79 Å². The summed E-state index contributed by atoms with van der Waals surface area (Å²) in [5.41, 5.74) is 1.21. The van der Waals surface area contributed by atoms with Gasteiger partial charge in [0, 0.05) is 13.5 Å². The Hall–Kier alpha value is -1.51. The number of hydrogen-bond donors (Lipinski definition) is 0. The zero-order valence-corrected chi connectivity index (χ0v) is 10.5. The number of rotatable bonds is 2. The monoisotopic (exact) mass is 233 g/mol. The van der Waals surface area contributed by atoms with Crippen LogP contribution in [0.5, 0.6) is 5.75 Å². The maximum atomic E-state index is 11.6. The largest absolute Gasteiger partial charge is 0.497 e. The summed E-state index contributed by atoms with van der Waals surface area (Å²) < 4.78 is 5.15. The molecule has 1 heterocycles. The minimum atomic E-state index is 0.172. The lowest BCUT2D eigenvalue weighted by Crippen LogP contribution is -2.36. The Bertz CT molecular complexity index is 386. The molecule has 0 saturated carbocycles. The molecule has 1 fully saturated rings. The Morgan fingerprint density at radius 2 is 2.00 bits per heavy atom. The molecule has 0 spiro atoms. The summed E-state index contributed by atoms with van der Waals surface area (Å²) in [6.45, 7) is 2.54. The first kappa shape index (κ1) is 12.0. The maximum Gasteiger partial charge on any atom is 0.219 e. The summed E-state index contributed by atoms with van der Waals surface area (Å²) in [6.07, 6.45) is 3.37. The molecule has 0 radical (unpaired) electrons. The number of benzene rings is 1. The third-order valence-electron chi connectivity index (χ3n) is 3.41. The second-order valence-corrected chi connectivity index (χ2v) is 4.50. The summed E-state index contributed by atoms with van der Waals surface area (Å²) >= 11 is 0. The molecular weight excluding hydrogens is 214 g/mol. The van der Waals surface area contributed by atoms with Crippen molar-refractivity contribution in [2.45, 2.75) is 32.2 Å². The van der Waals surface area contributed by atoms with E-state index in [1.165, 1.54) is 12.0 Å². The molecule has 1 aromatic carbocycles. The van der Waals surface area contributed by atoms with Crippen LogP contribution in [0.2, 0.25) is 0 Å². The van der Waals surface area contributed by atoms with Crippen LogP contribution in [0.15, 0.2) is 24.3 Å². The minimum absolute atomic E-state index is 0.172. The van der Waals surface area contributed by atoms with Crippen LogP contribution < -0.4 is 4.74 Å². The molecule has 17 heavy (non-hydrogen) atoms. The molecular formula is C14H19NO2. The average Bonchev–Trinajstić information content (AvgIpc) is 2.39. The van der Waals surface area contributed by atoms with Crippen molar-refractivity contribution >= 4 is 5.91 Å². The van der Waals surface area contributed by atoms with Gasteiger partial charge in [-0.25, -0.2) is 0 Å². The average molecular weight is 233 g/mol. The Morgan fingerprint density at radius 3 is 2.59 bits per heavy atom. The molecule has 1 aromatic rings. The van der Waals surface area contributed by atoms with Crippen molar-refractivity contribution in [2.24, 2.45) is 0 Å². The molecule has 92 valence electrons. The number of ether oxygens (including phenoxy) is 1. The molecule has 3 heteroatoms. The third-order valence-corrected chi connectivity index (χ3v) is 3.41. The molecule has 1 aliphatic heterocycles. The number of likely N-dealkylation sites (tertiary alicyclic amines) is 1. The van der Waals surface area contributed by atoms with E-state index in [1.54, 1.807) is 14.0 Å². The fourth-order valence-electron chi connectivity index (χ4n) is 2.48. The number of carbonyl (C=O) groups excluding carboxylic acids is 1. The van der Waals surface area contributed by atoms with E-state index in [4.69, 9.17) is 4.74 Å². The first-order chi connectivity index (χ1) is 8.22. The second kappa shape index (κ2) is 5.21. The van der Waals surface area contributed by atoms with Gasteiger partial charge in [-0.05, 0) is 37.0 Å². The first-order valence-corrected chi connectivity index (χ1v) is 6.13. The SMILES string of the molecule is COc1ccc(C2CCCCN2C(C)=O)cc1. The van der Waals surface area contributed by atoms with E-state index >= 15 is 0 Å². The molecule has 0 bridgehead atoms. The highest BCUT2D eigenvalue weighted by atomic mass is 16.5. The fourth-order valence-corrected chi connectivity index (χ4v) is 2.48. The molecule has 2 rings (SSSR count). The summed E-state index contributed by atoms with van der Waals surface area (Å²) in [4.78, 5) is 13.6. The second-order valence-electron chi connectivity index (χ2n) is 4.50. The van der Waals surface area contributed by atoms with Crippen LogP contribution in [0.25, 0.3) is 0 Å². The molecule has 1 amide bonds. The van der Waals surface area contributed by atoms with Gasteiger partial charge in [0.2, 0.25) is 5.91 Å². The van der Waals surface area contributed by atoms with Crippen molar-refractivity contribution in [2.75, 3.05) is 13.7 Å². The van der Waals surface area contributed by atoms with Crippen LogP contribution in [0.1, 0.15) is 37.8 Å². The van der Waals surface area contributed by atoms with E-state index in [2.05, 4.69) is 12.1 Å². The molecule has 1 unspecified atom stereocenters. The molecule has 0 N–H and O–H groups in total. The van der Waals surface area contributed by atoms with Crippen molar-refractivity contribution in [1.82, 2.24) is 4.90 Å². The highest BCUT2D eigenvalue weighted by Gasteiger charge is 2.25. The number of carbonyl (C=O) groups is 1. The molecule has 1 aliphatic rings. The van der Waals surface area contributed by atoms with Crippen LogP contribution >= 0.6 is 0 Å². The van der Waals surface area contributed by atoms with Crippen molar-refractivity contribution in [3.05, 3.63) is 29.8 Å². The van der Waals surface area contributed by atoms with E-state index in [0.29, 0.717) is 0 Å². The minimum Gasteiger partial charge on any atom is -0.497 e. The van der Waals surface area contributed by atoms with Crippen LogP contribution in [-0.2, 0) is 4.79 Å². The van der Waals surface area contributed by atoms with E-state index in [1.807, 2.05) is 17.0 Å². The first-order valence-electron chi connectivity index (χ1n) is 6.13. The van der Waals surface area contributed by atoms with Gasteiger partial charge in [-0.2, -0.15) is 0 Å². The van der Waals surface area contributed by atoms with E-state index < -0.39 is 0 Å². The van der Waals surface area contributed by atoms with Gasteiger partial charge < -0.3 is 9.64 Å². The van der Waals surface area contributed by atoms with Crippen LogP contribution in [0, 0.1) is 0 Å². The van der Waals surface area contributed by atoms with Crippen LogP contribution in [-0.4, -0.2) is 24.5 Å². The standard InChI is InChI=1S/C14H19NO2/c1-11(16)15-10-4-3-5-14(15)12-6-8-13(17-2)9-7-12/h6-9,14H,3-5,10H2,1-2H3. The fraction of sp³-hybridized carbons (Fsp3) is 0.500. The maximum absolute atomic E-state index is 11.6.